The van der Waals surface area contributed by atoms with E-state index in [1.54, 1.807) is 0 Å². The highest BCUT2D eigenvalue weighted by molar-refractivity contribution is 5.85. The number of hydrogen-bond donors (Lipinski definition) is 0. The van der Waals surface area contributed by atoms with Gasteiger partial charge in [-0.15, -0.1) is 0 Å². The van der Waals surface area contributed by atoms with Crippen molar-refractivity contribution in [2.75, 3.05) is 6.61 Å². The molecule has 0 saturated heterocycles. The molecule has 0 unspecified atom stereocenters. The van der Waals surface area contributed by atoms with Crippen LogP contribution in [0, 0.1) is 0 Å². The number of alkyl halides is 3. The van der Waals surface area contributed by atoms with Gasteiger partial charge in [0.15, 0.2) is 0 Å². The fraction of sp³-hybridized carbons (Fsp3) is 0.286. The number of allylic oxidation sites excluding steroid dienone is 1. The highest BCUT2D eigenvalue weighted by Gasteiger charge is 2.34. The highest BCUT2D eigenvalue weighted by atomic mass is 19.4. The summed E-state index contributed by atoms with van der Waals surface area (Å²) in [6.07, 6.45) is -5.15. The van der Waals surface area contributed by atoms with E-state index in [9.17, 15) is 26.7 Å². The van der Waals surface area contributed by atoms with Crippen LogP contribution in [0.3, 0.4) is 0 Å². The molecule has 0 saturated carbocycles. The molecule has 0 aliphatic carbocycles. The molecule has 0 fully saturated rings. The summed E-state index contributed by atoms with van der Waals surface area (Å²) in [7, 11) is 0. The van der Waals surface area contributed by atoms with Gasteiger partial charge in [0.2, 0.25) is 11.7 Å². The molecule has 0 amide bonds. The quantitative estimate of drug-likeness (QED) is 0.411. The molecular formula is C7H5F5O2. The lowest BCUT2D eigenvalue weighted by atomic mass is 10.4. The second kappa shape index (κ2) is 4.73. The molecule has 0 aliphatic rings. The zero-order chi connectivity index (χ0) is 11.4. The summed E-state index contributed by atoms with van der Waals surface area (Å²) in [6, 6.07) is 0. The summed E-state index contributed by atoms with van der Waals surface area (Å²) in [5.74, 6) is -5.41. The van der Waals surface area contributed by atoms with Crippen molar-refractivity contribution in [2.45, 2.75) is 6.18 Å². The molecule has 0 radical (unpaired) electrons. The number of halogens is 5. The minimum absolute atomic E-state index is 0.0269. The van der Waals surface area contributed by atoms with Gasteiger partial charge in [-0.2, -0.15) is 17.6 Å². The van der Waals surface area contributed by atoms with Gasteiger partial charge in [0.05, 0.1) is 0 Å². The summed E-state index contributed by atoms with van der Waals surface area (Å²) in [5, 5.41) is 0. The van der Waals surface area contributed by atoms with Gasteiger partial charge in [-0.25, -0.2) is 9.18 Å². The Hall–Kier alpha value is -1.40. The lowest BCUT2D eigenvalue weighted by molar-refractivity contribution is -0.140. The zero-order valence-electron chi connectivity index (χ0n) is 6.70. The Bertz CT molecular complexity index is 266. The lowest BCUT2D eigenvalue weighted by Crippen LogP contribution is -2.10. The molecule has 0 aliphatic heterocycles. The topological polar surface area (TPSA) is 26.3 Å². The van der Waals surface area contributed by atoms with Crippen LogP contribution in [0.15, 0.2) is 24.3 Å². The minimum atomic E-state index is -5.13. The van der Waals surface area contributed by atoms with Gasteiger partial charge in [0.25, 0.3) is 0 Å². The summed E-state index contributed by atoms with van der Waals surface area (Å²) in [4.78, 5) is 10.2. The maximum atomic E-state index is 12.0. The molecular weight excluding hydrogens is 211 g/mol. The van der Waals surface area contributed by atoms with E-state index in [1.165, 1.54) is 0 Å². The number of carbonyl (C=O) groups excluding carboxylic acids is 1. The van der Waals surface area contributed by atoms with Crippen LogP contribution in [0.1, 0.15) is 0 Å². The predicted molar refractivity (Wildman–Crippen MR) is 36.5 cm³/mol. The van der Waals surface area contributed by atoms with Crippen molar-refractivity contribution in [3.8, 4) is 0 Å². The largest absolute Gasteiger partial charge is 0.456 e. The normalized spacial score (nSPS) is 12.5. The molecule has 14 heavy (non-hydrogen) atoms. The van der Waals surface area contributed by atoms with Crippen molar-refractivity contribution in [1.29, 1.82) is 0 Å². The van der Waals surface area contributed by atoms with E-state index in [2.05, 4.69) is 11.3 Å². The Morgan fingerprint density at radius 3 is 2.21 bits per heavy atom. The Balaban J connectivity index is 4.07. The SMILES string of the molecule is C=C(F)C(=O)OC/C=C(\F)C(F)(F)F. The molecule has 0 bridgehead atoms. The van der Waals surface area contributed by atoms with Crippen LogP contribution >= 0.6 is 0 Å². The second-order valence-electron chi connectivity index (χ2n) is 2.05. The Morgan fingerprint density at radius 1 is 1.36 bits per heavy atom. The minimum Gasteiger partial charge on any atom is -0.456 e. The maximum absolute atomic E-state index is 12.0. The van der Waals surface area contributed by atoms with Crippen LogP contribution in [0.4, 0.5) is 22.0 Å². The van der Waals surface area contributed by atoms with E-state index in [4.69, 9.17) is 0 Å². The number of rotatable bonds is 3. The Labute approximate surface area is 75.7 Å². The third-order valence-corrected chi connectivity index (χ3v) is 0.969. The summed E-state index contributed by atoms with van der Waals surface area (Å²) in [6.45, 7) is 1.52. The molecule has 0 aromatic heterocycles. The van der Waals surface area contributed by atoms with Crippen molar-refractivity contribution in [1.82, 2.24) is 0 Å². The van der Waals surface area contributed by atoms with E-state index < -0.39 is 30.4 Å². The standard InChI is InChI=1S/C7H5F5O2/c1-4(8)6(13)14-3-2-5(9)7(10,11)12/h2H,1,3H2/b5-2-. The van der Waals surface area contributed by atoms with Gasteiger partial charge in [-0.3, -0.25) is 0 Å². The molecule has 0 heterocycles. The zero-order valence-corrected chi connectivity index (χ0v) is 6.70. The average Bonchev–Trinajstić information content (AvgIpc) is 2.01. The van der Waals surface area contributed by atoms with Crippen molar-refractivity contribution >= 4 is 5.97 Å². The third-order valence-electron chi connectivity index (χ3n) is 0.969. The average molecular weight is 216 g/mol. The highest BCUT2D eigenvalue weighted by Crippen LogP contribution is 2.25. The van der Waals surface area contributed by atoms with Crippen molar-refractivity contribution in [2.24, 2.45) is 0 Å². The fourth-order valence-corrected chi connectivity index (χ4v) is 0.385. The van der Waals surface area contributed by atoms with Gasteiger partial charge in [0.1, 0.15) is 6.61 Å². The first kappa shape index (κ1) is 12.6. The number of carbonyl (C=O) groups is 1. The maximum Gasteiger partial charge on any atom is 0.442 e. The van der Waals surface area contributed by atoms with E-state index in [0.717, 1.165) is 0 Å². The van der Waals surface area contributed by atoms with Gasteiger partial charge < -0.3 is 4.74 Å². The molecule has 0 spiro atoms. The molecule has 2 nitrogen and oxygen atoms in total. The smallest absolute Gasteiger partial charge is 0.442 e. The molecule has 0 N–H and O–H groups in total. The van der Waals surface area contributed by atoms with Crippen LogP contribution in [0.5, 0.6) is 0 Å². The number of esters is 1. The first-order valence-corrected chi connectivity index (χ1v) is 3.19. The Morgan fingerprint density at radius 2 is 1.86 bits per heavy atom. The van der Waals surface area contributed by atoms with Crippen LogP contribution in [-0.4, -0.2) is 18.8 Å². The monoisotopic (exact) mass is 216 g/mol. The van der Waals surface area contributed by atoms with Crippen LogP contribution in [-0.2, 0) is 9.53 Å². The molecule has 0 aromatic rings. The second-order valence-corrected chi connectivity index (χ2v) is 2.05. The molecule has 7 heteroatoms. The number of ether oxygens (including phenoxy) is 1. The fourth-order valence-electron chi connectivity index (χ4n) is 0.385. The van der Waals surface area contributed by atoms with Gasteiger partial charge in [0, 0.05) is 0 Å². The lowest BCUT2D eigenvalue weighted by Gasteiger charge is -2.02. The molecule has 0 aromatic carbocycles. The van der Waals surface area contributed by atoms with Gasteiger partial charge in [-0.1, -0.05) is 6.58 Å². The molecule has 80 valence electrons. The van der Waals surface area contributed by atoms with E-state index >= 15 is 0 Å². The summed E-state index contributed by atoms with van der Waals surface area (Å²) >= 11 is 0. The van der Waals surface area contributed by atoms with E-state index in [0.29, 0.717) is 0 Å². The van der Waals surface area contributed by atoms with Gasteiger partial charge in [-0.05, 0) is 6.08 Å². The van der Waals surface area contributed by atoms with E-state index in [-0.39, 0.29) is 6.08 Å². The van der Waals surface area contributed by atoms with Crippen LogP contribution in [0.2, 0.25) is 0 Å². The summed E-state index contributed by atoms with van der Waals surface area (Å²) in [5.41, 5.74) is 0. The third kappa shape index (κ3) is 4.58. The first-order chi connectivity index (χ1) is 6.25. The van der Waals surface area contributed by atoms with Gasteiger partial charge >= 0.3 is 12.1 Å². The van der Waals surface area contributed by atoms with Crippen LogP contribution < -0.4 is 0 Å². The number of hydrogen-bond acceptors (Lipinski definition) is 2. The Kier molecular flexibility index (Phi) is 4.26. The molecule has 0 rings (SSSR count). The van der Waals surface area contributed by atoms with Crippen molar-refractivity contribution in [3.05, 3.63) is 24.3 Å². The molecule has 0 atom stereocenters. The predicted octanol–water partition coefficient (Wildman–Crippen LogP) is 2.43. The summed E-state index contributed by atoms with van der Waals surface area (Å²) < 4.78 is 62.0. The van der Waals surface area contributed by atoms with Crippen molar-refractivity contribution < 1.29 is 31.5 Å². The van der Waals surface area contributed by atoms with Crippen LogP contribution in [0.25, 0.3) is 0 Å². The van der Waals surface area contributed by atoms with E-state index in [1.807, 2.05) is 0 Å². The first-order valence-electron chi connectivity index (χ1n) is 3.19. The van der Waals surface area contributed by atoms with Crippen molar-refractivity contribution in [3.63, 3.8) is 0 Å².